The predicted octanol–water partition coefficient (Wildman–Crippen LogP) is 3.25. The fraction of sp³-hybridized carbons (Fsp3) is 0.417. The van der Waals surface area contributed by atoms with E-state index in [-0.39, 0.29) is 10.8 Å². The Morgan fingerprint density at radius 3 is 2.08 bits per heavy atom. The molecule has 9 nitrogen and oxygen atoms in total. The molecule has 2 fully saturated rings. The van der Waals surface area contributed by atoms with Crippen molar-refractivity contribution in [2.24, 2.45) is 0 Å². The summed E-state index contributed by atoms with van der Waals surface area (Å²) in [4.78, 5) is 24.1. The zero-order chi connectivity index (χ0) is 28.0. The number of carbonyl (C=O) groups is 2. The molecule has 1 aliphatic carbocycles. The molecule has 1 saturated carbocycles. The van der Waals surface area contributed by atoms with Gasteiger partial charge in [-0.3, -0.25) is 14.4 Å². The molecule has 2 aromatic rings. The van der Waals surface area contributed by atoms with Crippen LogP contribution >= 0.6 is 11.6 Å². The number of carboxylic acid groups (broad SMARTS) is 1. The highest BCUT2D eigenvalue weighted by Gasteiger charge is 2.51. The van der Waals surface area contributed by atoms with E-state index < -0.39 is 27.6 Å². The summed E-state index contributed by atoms with van der Waals surface area (Å²) in [5.41, 5.74) is 0.853. The van der Waals surface area contributed by atoms with E-state index in [2.05, 4.69) is 14.9 Å². The molecule has 208 valence electrons. The van der Waals surface area contributed by atoms with Gasteiger partial charge in [0.05, 0.1) is 23.5 Å². The summed E-state index contributed by atoms with van der Waals surface area (Å²) >= 11 is 5.83. The first kappa shape index (κ1) is 29.7. The van der Waals surface area contributed by atoms with Crippen molar-refractivity contribution in [3.05, 3.63) is 59.1 Å². The molecular weight excluding hydrogens is 551 g/mol. The lowest BCUT2D eigenvalue weighted by molar-refractivity contribution is -0.192. The first-order chi connectivity index (χ1) is 17.8. The van der Waals surface area contributed by atoms with Gasteiger partial charge in [-0.2, -0.15) is 13.2 Å². The number of carboxylic acids is 1. The maximum Gasteiger partial charge on any atom is 0.490 e. The molecule has 1 amide bonds. The number of morpholine rings is 1. The lowest BCUT2D eigenvalue weighted by atomic mass is 9.95. The lowest BCUT2D eigenvalue weighted by Crippen LogP contribution is -2.43. The molecular formula is C24H27ClF3N3O6S. The van der Waals surface area contributed by atoms with Crippen LogP contribution in [-0.4, -0.2) is 75.9 Å². The smallest absolute Gasteiger partial charge is 0.475 e. The number of aliphatic carboxylic acids is 1. The zero-order valence-corrected chi connectivity index (χ0v) is 21.7. The molecule has 0 spiro atoms. The van der Waals surface area contributed by atoms with Crippen LogP contribution in [0.4, 0.5) is 18.9 Å². The van der Waals surface area contributed by atoms with Gasteiger partial charge in [0.1, 0.15) is 0 Å². The van der Waals surface area contributed by atoms with Gasteiger partial charge in [-0.1, -0.05) is 23.7 Å². The number of alkyl halides is 3. The molecule has 0 aromatic heterocycles. The van der Waals surface area contributed by atoms with Gasteiger partial charge in [0.15, 0.2) is 0 Å². The molecule has 2 aliphatic rings. The maximum absolute atomic E-state index is 12.8. The highest BCUT2D eigenvalue weighted by Crippen LogP contribution is 2.48. The highest BCUT2D eigenvalue weighted by molar-refractivity contribution is 7.92. The number of halogens is 4. The molecule has 4 rings (SSSR count). The van der Waals surface area contributed by atoms with Gasteiger partial charge in [-0.25, -0.2) is 13.2 Å². The zero-order valence-electron chi connectivity index (χ0n) is 20.1. The second-order valence-corrected chi connectivity index (χ2v) is 10.9. The van der Waals surface area contributed by atoms with Crippen molar-refractivity contribution >= 4 is 39.2 Å². The molecule has 1 saturated heterocycles. The van der Waals surface area contributed by atoms with Gasteiger partial charge in [0, 0.05) is 36.9 Å². The predicted molar refractivity (Wildman–Crippen MR) is 134 cm³/mol. The molecule has 0 unspecified atom stereocenters. The first-order valence-corrected chi connectivity index (χ1v) is 13.5. The van der Waals surface area contributed by atoms with E-state index in [9.17, 15) is 26.4 Å². The molecule has 1 aliphatic heterocycles. The van der Waals surface area contributed by atoms with Gasteiger partial charge in [0.25, 0.3) is 10.0 Å². The van der Waals surface area contributed by atoms with E-state index in [0.717, 1.165) is 51.3 Å². The van der Waals surface area contributed by atoms with Crippen molar-refractivity contribution in [3.8, 4) is 0 Å². The number of nitrogens with zero attached hydrogens (tertiary/aromatic N) is 1. The summed E-state index contributed by atoms with van der Waals surface area (Å²) in [5.74, 6) is -2.72. The number of nitrogens with one attached hydrogen (secondary N) is 2. The fourth-order valence-electron chi connectivity index (χ4n) is 3.78. The van der Waals surface area contributed by atoms with Gasteiger partial charge in [0.2, 0.25) is 5.91 Å². The first-order valence-electron chi connectivity index (χ1n) is 11.6. The third-order valence-corrected chi connectivity index (χ3v) is 7.71. The number of ether oxygens (including phenoxy) is 1. The Morgan fingerprint density at radius 1 is 1.03 bits per heavy atom. The monoisotopic (exact) mass is 577 g/mol. The number of sulfonamides is 1. The van der Waals surface area contributed by atoms with Crippen LogP contribution in [0.3, 0.4) is 0 Å². The van der Waals surface area contributed by atoms with Crippen molar-refractivity contribution in [1.82, 2.24) is 10.2 Å². The number of anilines is 1. The molecule has 3 N–H and O–H groups in total. The van der Waals surface area contributed by atoms with E-state index >= 15 is 0 Å². The quantitative estimate of drug-likeness (QED) is 0.440. The minimum Gasteiger partial charge on any atom is -0.475 e. The Balaban J connectivity index is 0.000000505. The average molecular weight is 578 g/mol. The van der Waals surface area contributed by atoms with Crippen LogP contribution in [0.1, 0.15) is 18.4 Å². The van der Waals surface area contributed by atoms with Gasteiger partial charge >= 0.3 is 12.1 Å². The average Bonchev–Trinajstić information content (AvgIpc) is 3.67. The van der Waals surface area contributed by atoms with Crippen LogP contribution in [0.5, 0.6) is 0 Å². The van der Waals surface area contributed by atoms with E-state index in [0.29, 0.717) is 17.3 Å². The van der Waals surface area contributed by atoms with Crippen LogP contribution in [0, 0.1) is 0 Å². The third-order valence-electron chi connectivity index (χ3n) is 6.06. The second-order valence-electron chi connectivity index (χ2n) is 8.73. The summed E-state index contributed by atoms with van der Waals surface area (Å²) in [7, 11) is -3.70. The van der Waals surface area contributed by atoms with Crippen LogP contribution < -0.4 is 10.0 Å². The van der Waals surface area contributed by atoms with Crippen LogP contribution in [-0.2, 0) is 29.8 Å². The van der Waals surface area contributed by atoms with Crippen molar-refractivity contribution in [2.45, 2.75) is 29.3 Å². The standard InChI is InChI=1S/C22H26ClN3O4S.C2HF3O2/c23-18-3-7-20(8-4-18)31(28,29)25-19-5-1-17(2-6-19)22(9-10-22)21(27)24-11-12-26-13-15-30-16-14-26;3-2(4,5)1(6)7/h1-8,25H,9-16H2,(H,24,27);(H,6,7). The van der Waals surface area contributed by atoms with E-state index in [1.165, 1.54) is 24.3 Å². The summed E-state index contributed by atoms with van der Waals surface area (Å²) in [6.07, 6.45) is -3.49. The number of amides is 1. The summed E-state index contributed by atoms with van der Waals surface area (Å²) in [6.45, 7) is 4.71. The third kappa shape index (κ3) is 8.06. The van der Waals surface area contributed by atoms with E-state index in [1.807, 2.05) is 12.1 Å². The topological polar surface area (TPSA) is 125 Å². The number of hydrogen-bond acceptors (Lipinski definition) is 6. The Bertz CT molecular complexity index is 1210. The van der Waals surface area contributed by atoms with Crippen molar-refractivity contribution < 1.29 is 41.0 Å². The van der Waals surface area contributed by atoms with Crippen LogP contribution in [0.25, 0.3) is 0 Å². The van der Waals surface area contributed by atoms with Crippen molar-refractivity contribution in [1.29, 1.82) is 0 Å². The van der Waals surface area contributed by atoms with Crippen LogP contribution in [0.15, 0.2) is 53.4 Å². The van der Waals surface area contributed by atoms with Crippen molar-refractivity contribution in [3.63, 3.8) is 0 Å². The largest absolute Gasteiger partial charge is 0.490 e. The van der Waals surface area contributed by atoms with Crippen LogP contribution in [0.2, 0.25) is 5.02 Å². The molecule has 0 bridgehead atoms. The van der Waals surface area contributed by atoms with E-state index in [4.69, 9.17) is 26.2 Å². The number of hydrogen-bond donors (Lipinski definition) is 3. The second kappa shape index (κ2) is 12.3. The van der Waals surface area contributed by atoms with Gasteiger partial charge < -0.3 is 15.2 Å². The maximum atomic E-state index is 12.8. The number of rotatable bonds is 8. The van der Waals surface area contributed by atoms with Gasteiger partial charge in [-0.05, 0) is 54.8 Å². The Hall–Kier alpha value is -2.87. The summed E-state index contributed by atoms with van der Waals surface area (Å²) < 4.78 is 64.7. The molecule has 2 aromatic carbocycles. The van der Waals surface area contributed by atoms with Crippen molar-refractivity contribution in [2.75, 3.05) is 44.1 Å². The number of benzene rings is 2. The molecule has 14 heteroatoms. The van der Waals surface area contributed by atoms with E-state index in [1.54, 1.807) is 12.1 Å². The Labute approximate surface area is 223 Å². The molecule has 0 radical (unpaired) electrons. The summed E-state index contributed by atoms with van der Waals surface area (Å²) in [5, 5.41) is 10.7. The molecule has 38 heavy (non-hydrogen) atoms. The Kier molecular flexibility index (Phi) is 9.63. The fourth-order valence-corrected chi connectivity index (χ4v) is 4.96. The Morgan fingerprint density at radius 2 is 1.58 bits per heavy atom. The minimum atomic E-state index is -5.08. The highest BCUT2D eigenvalue weighted by atomic mass is 35.5. The minimum absolute atomic E-state index is 0.0373. The molecule has 1 heterocycles. The SMILES string of the molecule is O=C(NCCN1CCOCC1)C1(c2ccc(NS(=O)(=O)c3ccc(Cl)cc3)cc2)CC1.O=C(O)C(F)(F)F. The normalized spacial score (nSPS) is 17.1. The van der Waals surface area contributed by atoms with Gasteiger partial charge in [-0.15, -0.1) is 0 Å². The molecule has 0 atom stereocenters. The lowest BCUT2D eigenvalue weighted by Gasteiger charge is -2.27. The summed E-state index contributed by atoms with van der Waals surface area (Å²) in [6, 6.07) is 13.0. The number of carbonyl (C=O) groups excluding carboxylic acids is 1.